The van der Waals surface area contributed by atoms with Crippen molar-refractivity contribution in [1.29, 1.82) is 0 Å². The molecule has 110 valence electrons. The molecule has 3 nitrogen and oxygen atoms in total. The minimum absolute atomic E-state index is 0.0781. The van der Waals surface area contributed by atoms with Crippen molar-refractivity contribution in [2.75, 3.05) is 18.6 Å². The Morgan fingerprint density at radius 3 is 2.45 bits per heavy atom. The van der Waals surface area contributed by atoms with E-state index in [0.29, 0.717) is 23.8 Å². The number of hydrogen-bond acceptors (Lipinski definition) is 2. The fourth-order valence-corrected chi connectivity index (χ4v) is 3.14. The third kappa shape index (κ3) is 4.44. The Morgan fingerprint density at radius 1 is 1.20 bits per heavy atom. The lowest BCUT2D eigenvalue weighted by Gasteiger charge is -2.22. The number of carbonyl (C=O) groups excluding carboxylic acids is 1. The van der Waals surface area contributed by atoms with E-state index >= 15 is 0 Å². The summed E-state index contributed by atoms with van der Waals surface area (Å²) in [6.45, 7) is 0.465. The van der Waals surface area contributed by atoms with Gasteiger partial charge in [0.1, 0.15) is 0 Å². The van der Waals surface area contributed by atoms with Crippen molar-refractivity contribution in [1.82, 2.24) is 5.32 Å². The van der Waals surface area contributed by atoms with E-state index in [2.05, 4.69) is 17.4 Å². The molecule has 1 saturated carbocycles. The van der Waals surface area contributed by atoms with Gasteiger partial charge in [0, 0.05) is 34.9 Å². The molecule has 1 fully saturated rings. The van der Waals surface area contributed by atoms with Crippen LogP contribution in [0.3, 0.4) is 0 Å². The molecule has 0 radical (unpaired) electrons. The maximum Gasteiger partial charge on any atom is 0.251 e. The number of nitrogens with one attached hydrogen (secondary N) is 1. The Kier molecular flexibility index (Phi) is 5.77. The average Bonchev–Trinajstić information content (AvgIpc) is 2.48. The minimum Gasteiger partial charge on any atom is -0.351 e. The van der Waals surface area contributed by atoms with Crippen molar-refractivity contribution >= 4 is 16.7 Å². The molecule has 0 saturated heterocycles. The Morgan fingerprint density at radius 2 is 1.85 bits per heavy atom. The van der Waals surface area contributed by atoms with Crippen molar-refractivity contribution < 1.29 is 9.00 Å². The van der Waals surface area contributed by atoms with Gasteiger partial charge in [-0.3, -0.25) is 9.00 Å². The lowest BCUT2D eigenvalue weighted by molar-refractivity contribution is 0.0956. The van der Waals surface area contributed by atoms with Crippen molar-refractivity contribution in [3.63, 3.8) is 0 Å². The van der Waals surface area contributed by atoms with Gasteiger partial charge in [-0.05, 0) is 36.5 Å². The molecule has 1 N–H and O–H groups in total. The fourth-order valence-electron chi connectivity index (χ4n) is 2.75. The monoisotopic (exact) mass is 293 g/mol. The van der Waals surface area contributed by atoms with Crippen molar-refractivity contribution in [2.45, 2.75) is 38.0 Å². The molecule has 0 bridgehead atoms. The van der Waals surface area contributed by atoms with Gasteiger partial charge >= 0.3 is 0 Å². The number of rotatable bonds is 5. The van der Waals surface area contributed by atoms with Crippen LogP contribution < -0.4 is 5.32 Å². The first kappa shape index (κ1) is 15.2. The summed E-state index contributed by atoms with van der Waals surface area (Å²) in [7, 11) is -0.860. The molecule has 4 heteroatoms. The average molecular weight is 293 g/mol. The Bertz CT molecular complexity index is 464. The van der Waals surface area contributed by atoms with Crippen molar-refractivity contribution in [2.24, 2.45) is 0 Å². The topological polar surface area (TPSA) is 46.2 Å². The van der Waals surface area contributed by atoms with Gasteiger partial charge in [0.05, 0.1) is 0 Å². The largest absolute Gasteiger partial charge is 0.351 e. The highest BCUT2D eigenvalue weighted by molar-refractivity contribution is 7.84. The summed E-state index contributed by atoms with van der Waals surface area (Å²) in [6.07, 6.45) is 8.19. The molecule has 1 atom stereocenters. The SMILES string of the molecule is C[S@](=O)CCNC(=O)c1ccc(C2CCCCC2)cc1. The van der Waals surface area contributed by atoms with Gasteiger partial charge in [0.25, 0.3) is 5.91 Å². The van der Waals surface area contributed by atoms with Crippen molar-refractivity contribution in [3.8, 4) is 0 Å². The van der Waals surface area contributed by atoms with Crippen LogP contribution in [-0.2, 0) is 10.8 Å². The molecular formula is C16H23NO2S. The third-order valence-electron chi connectivity index (χ3n) is 3.92. The highest BCUT2D eigenvalue weighted by Crippen LogP contribution is 2.32. The van der Waals surface area contributed by atoms with Crippen LogP contribution >= 0.6 is 0 Å². The molecule has 1 aromatic rings. The van der Waals surface area contributed by atoms with Crippen LogP contribution in [0, 0.1) is 0 Å². The molecule has 0 aliphatic heterocycles. The first-order valence-corrected chi connectivity index (χ1v) is 9.07. The number of amides is 1. The smallest absolute Gasteiger partial charge is 0.251 e. The van der Waals surface area contributed by atoms with Crippen LogP contribution in [-0.4, -0.2) is 28.7 Å². The Hall–Kier alpha value is -1.16. The van der Waals surface area contributed by atoms with E-state index in [1.807, 2.05) is 12.1 Å². The van der Waals surface area contributed by atoms with Crippen molar-refractivity contribution in [3.05, 3.63) is 35.4 Å². The lowest BCUT2D eigenvalue weighted by atomic mass is 9.84. The summed E-state index contributed by atoms with van der Waals surface area (Å²) in [5.41, 5.74) is 2.04. The Balaban J connectivity index is 1.90. The maximum atomic E-state index is 11.9. The van der Waals surface area contributed by atoms with E-state index in [1.165, 1.54) is 37.7 Å². The number of benzene rings is 1. The second kappa shape index (κ2) is 7.58. The summed E-state index contributed by atoms with van der Waals surface area (Å²) in [5, 5.41) is 2.80. The quantitative estimate of drug-likeness (QED) is 0.907. The normalized spacial score (nSPS) is 17.6. The molecule has 1 aliphatic rings. The van der Waals surface area contributed by atoms with E-state index in [0.717, 1.165) is 0 Å². The highest BCUT2D eigenvalue weighted by Gasteiger charge is 2.15. The zero-order valence-electron chi connectivity index (χ0n) is 12.1. The van der Waals surface area contributed by atoms with Crippen LogP contribution in [0.2, 0.25) is 0 Å². The predicted octanol–water partition coefficient (Wildman–Crippen LogP) is 2.84. The second-order valence-corrected chi connectivity index (χ2v) is 7.04. The van der Waals surface area contributed by atoms with Gasteiger partial charge in [-0.1, -0.05) is 31.4 Å². The first-order chi connectivity index (χ1) is 9.66. The van der Waals surface area contributed by atoms with Crippen LogP contribution in [0.1, 0.15) is 53.9 Å². The zero-order chi connectivity index (χ0) is 14.4. The van der Waals surface area contributed by atoms with Gasteiger partial charge in [0.15, 0.2) is 0 Å². The third-order valence-corrected chi connectivity index (χ3v) is 4.70. The summed E-state index contributed by atoms with van der Waals surface area (Å²) in [5.74, 6) is 1.10. The van der Waals surface area contributed by atoms with E-state index < -0.39 is 10.8 Å². The van der Waals surface area contributed by atoms with E-state index in [1.54, 1.807) is 6.26 Å². The molecule has 1 aromatic carbocycles. The maximum absolute atomic E-state index is 11.9. The van der Waals surface area contributed by atoms with Gasteiger partial charge in [-0.25, -0.2) is 0 Å². The molecule has 0 aromatic heterocycles. The minimum atomic E-state index is -0.860. The van der Waals surface area contributed by atoms with E-state index in [4.69, 9.17) is 0 Å². The first-order valence-electron chi connectivity index (χ1n) is 7.35. The van der Waals surface area contributed by atoms with Gasteiger partial charge < -0.3 is 5.32 Å². The molecule has 20 heavy (non-hydrogen) atoms. The number of hydrogen-bond donors (Lipinski definition) is 1. The summed E-state index contributed by atoms with van der Waals surface area (Å²) in [4.78, 5) is 11.9. The fraction of sp³-hybridized carbons (Fsp3) is 0.562. The van der Waals surface area contributed by atoms with E-state index in [9.17, 15) is 9.00 Å². The standard InChI is InChI=1S/C16H23NO2S/c1-20(19)12-11-17-16(18)15-9-7-14(8-10-15)13-5-3-2-4-6-13/h7-10,13H,2-6,11-12H2,1H3,(H,17,18)/t20-/m0/s1. The molecule has 1 amide bonds. The molecular weight excluding hydrogens is 270 g/mol. The van der Waals surface area contributed by atoms with Crippen LogP contribution in [0.4, 0.5) is 0 Å². The highest BCUT2D eigenvalue weighted by atomic mass is 32.2. The van der Waals surface area contributed by atoms with Gasteiger partial charge in [0.2, 0.25) is 0 Å². The Labute approximate surface area is 123 Å². The summed E-state index contributed by atoms with van der Waals surface area (Å²) >= 11 is 0. The predicted molar refractivity (Wildman–Crippen MR) is 83.5 cm³/mol. The summed E-state index contributed by atoms with van der Waals surface area (Å²) < 4.78 is 10.9. The summed E-state index contributed by atoms with van der Waals surface area (Å²) in [6, 6.07) is 7.98. The zero-order valence-corrected chi connectivity index (χ0v) is 12.9. The molecule has 1 aliphatic carbocycles. The lowest BCUT2D eigenvalue weighted by Crippen LogP contribution is -2.27. The molecule has 0 unspecified atom stereocenters. The van der Waals surface area contributed by atoms with Crippen LogP contribution in [0.15, 0.2) is 24.3 Å². The van der Waals surface area contributed by atoms with Crippen LogP contribution in [0.5, 0.6) is 0 Å². The number of carbonyl (C=O) groups is 1. The van der Waals surface area contributed by atoms with Gasteiger partial charge in [-0.2, -0.15) is 0 Å². The molecule has 0 heterocycles. The van der Waals surface area contributed by atoms with Gasteiger partial charge in [-0.15, -0.1) is 0 Å². The second-order valence-electron chi connectivity index (χ2n) is 5.49. The molecule has 2 rings (SSSR count). The van der Waals surface area contributed by atoms with Crippen LogP contribution in [0.25, 0.3) is 0 Å². The molecule has 0 spiro atoms. The van der Waals surface area contributed by atoms with E-state index in [-0.39, 0.29) is 5.91 Å².